The normalized spacial score (nSPS) is 10.7. The number of carbonyl (C=O) groups is 1. The molecule has 1 N–H and O–H groups in total. The maximum atomic E-state index is 12.6. The Bertz CT molecular complexity index is 797. The summed E-state index contributed by atoms with van der Waals surface area (Å²) >= 11 is -1.20. The summed E-state index contributed by atoms with van der Waals surface area (Å²) in [6, 6.07) is 6.76. The van der Waals surface area contributed by atoms with Gasteiger partial charge in [0, 0.05) is 0 Å². The van der Waals surface area contributed by atoms with Crippen LogP contribution in [-0.4, -0.2) is 51.7 Å². The number of phenolic OH excluding ortho intramolecular Hbond substituents is 1. The molecule has 2 aromatic rings. The van der Waals surface area contributed by atoms with Crippen molar-refractivity contribution in [1.29, 1.82) is 0 Å². The molecule has 0 fully saturated rings. The number of nitro groups is 1. The Balaban J connectivity index is 2.41. The molecule has 1 radical (unpaired) electrons. The van der Waals surface area contributed by atoms with E-state index in [0.29, 0.717) is 22.8 Å². The molecule has 8 nitrogen and oxygen atoms in total. The quantitative estimate of drug-likeness (QED) is 0.420. The first-order chi connectivity index (χ1) is 11.9. The molecule has 0 aliphatic rings. The fourth-order valence-electron chi connectivity index (χ4n) is 2.13. The fraction of sp³-hybridized carbons (Fsp3) is 0.188. The summed E-state index contributed by atoms with van der Waals surface area (Å²) < 4.78 is 15.6. The molecule has 25 heavy (non-hydrogen) atoms. The number of nitrogens with zero attached hydrogens (tertiary/aromatic N) is 1. The topological polar surface area (TPSA) is 108 Å². The van der Waals surface area contributed by atoms with Gasteiger partial charge in [-0.05, 0) is 0 Å². The molecule has 0 saturated heterocycles. The van der Waals surface area contributed by atoms with Crippen LogP contribution in [0.15, 0.2) is 30.3 Å². The summed E-state index contributed by atoms with van der Waals surface area (Å²) in [4.78, 5) is 23.1. The van der Waals surface area contributed by atoms with Crippen molar-refractivity contribution in [1.82, 2.24) is 0 Å². The van der Waals surface area contributed by atoms with Gasteiger partial charge in [-0.15, -0.1) is 0 Å². The molecule has 9 heteroatoms. The Hall–Kier alpha value is -2.73. The van der Waals surface area contributed by atoms with Crippen LogP contribution in [-0.2, 0) is 0 Å². The molecule has 2 aromatic carbocycles. The molecule has 0 bridgehead atoms. The van der Waals surface area contributed by atoms with Gasteiger partial charge in [-0.3, -0.25) is 0 Å². The van der Waals surface area contributed by atoms with E-state index in [0.717, 1.165) is 6.07 Å². The molecule has 0 amide bonds. The van der Waals surface area contributed by atoms with Crippen molar-refractivity contribution in [3.8, 4) is 23.0 Å². The van der Waals surface area contributed by atoms with Gasteiger partial charge in [-0.25, -0.2) is 0 Å². The number of carbonyl (C=O) groups excluding carboxylic acids is 1. The van der Waals surface area contributed by atoms with Crippen molar-refractivity contribution < 1.29 is 29.0 Å². The van der Waals surface area contributed by atoms with E-state index in [2.05, 4.69) is 0 Å². The number of hydrogen-bond acceptors (Lipinski definition) is 7. The van der Waals surface area contributed by atoms with Crippen LogP contribution >= 0.6 is 0 Å². The Morgan fingerprint density at radius 2 is 1.68 bits per heavy atom. The van der Waals surface area contributed by atoms with Crippen LogP contribution in [0.2, 0.25) is 0 Å². The maximum absolute atomic E-state index is 12.6. The molecule has 0 heterocycles. The van der Waals surface area contributed by atoms with Crippen molar-refractivity contribution >= 4 is 30.4 Å². The third-order valence-corrected chi connectivity index (χ3v) is 5.56. The molecule has 0 spiro atoms. The zero-order valence-electron chi connectivity index (χ0n) is 13.7. The van der Waals surface area contributed by atoms with Gasteiger partial charge in [0.25, 0.3) is 0 Å². The number of hydrogen-bond donors (Lipinski definition) is 1. The van der Waals surface area contributed by atoms with Gasteiger partial charge < -0.3 is 0 Å². The number of ether oxygens (including phenoxy) is 3. The van der Waals surface area contributed by atoms with Crippen molar-refractivity contribution in [3.63, 3.8) is 0 Å². The molecule has 2 rings (SSSR count). The molecule has 131 valence electrons. The van der Waals surface area contributed by atoms with Gasteiger partial charge in [0.05, 0.1) is 0 Å². The van der Waals surface area contributed by atoms with Crippen LogP contribution in [0, 0.1) is 10.1 Å². The second-order valence-electron chi connectivity index (χ2n) is 4.76. The molecule has 0 aliphatic carbocycles. The van der Waals surface area contributed by atoms with E-state index in [1.54, 1.807) is 0 Å². The average molecular weight is 408 g/mol. The SMILES string of the molecule is COc1cc(C(=O)[As]c2ccc(O)cc2[N+](=O)[O-])cc(OC)c1OC. The number of aromatic hydroxyl groups is 1. The van der Waals surface area contributed by atoms with Crippen LogP contribution in [0.3, 0.4) is 0 Å². The molecule has 0 saturated carbocycles. The van der Waals surface area contributed by atoms with Gasteiger partial charge in [0.15, 0.2) is 0 Å². The fourth-order valence-corrected chi connectivity index (χ4v) is 3.99. The average Bonchev–Trinajstić information content (AvgIpc) is 2.61. The first-order valence-corrected chi connectivity index (χ1v) is 8.82. The van der Waals surface area contributed by atoms with Crippen molar-refractivity contribution in [3.05, 3.63) is 46.0 Å². The van der Waals surface area contributed by atoms with Gasteiger partial charge >= 0.3 is 150 Å². The first kappa shape index (κ1) is 18.6. The van der Waals surface area contributed by atoms with Gasteiger partial charge in [0.1, 0.15) is 0 Å². The zero-order valence-corrected chi connectivity index (χ0v) is 15.6. The Labute approximate surface area is 150 Å². The summed E-state index contributed by atoms with van der Waals surface area (Å²) in [5.41, 5.74) is 0.0256. The molecule has 0 aliphatic heterocycles. The second-order valence-corrected chi connectivity index (χ2v) is 7.09. The minimum absolute atomic E-state index is 0.225. The summed E-state index contributed by atoms with van der Waals surface area (Å²) in [6.07, 6.45) is 0. The van der Waals surface area contributed by atoms with Crippen LogP contribution in [0.5, 0.6) is 23.0 Å². The van der Waals surface area contributed by atoms with Gasteiger partial charge in [-0.2, -0.15) is 0 Å². The number of phenols is 1. The van der Waals surface area contributed by atoms with Gasteiger partial charge in [0.2, 0.25) is 0 Å². The third kappa shape index (κ3) is 4.03. The van der Waals surface area contributed by atoms with Crippen LogP contribution in [0.25, 0.3) is 0 Å². The number of benzene rings is 2. The summed E-state index contributed by atoms with van der Waals surface area (Å²) in [6.45, 7) is 0. The van der Waals surface area contributed by atoms with Gasteiger partial charge in [-0.1, -0.05) is 0 Å². The van der Waals surface area contributed by atoms with Crippen LogP contribution in [0.1, 0.15) is 10.4 Å². The second kappa shape index (κ2) is 7.89. The van der Waals surface area contributed by atoms with E-state index < -0.39 is 20.7 Å². The van der Waals surface area contributed by atoms with E-state index in [1.165, 1.54) is 45.6 Å². The predicted molar refractivity (Wildman–Crippen MR) is 90.6 cm³/mol. The zero-order chi connectivity index (χ0) is 18.6. The Morgan fingerprint density at radius 3 is 2.16 bits per heavy atom. The van der Waals surface area contributed by atoms with Crippen molar-refractivity contribution in [2.45, 2.75) is 0 Å². The molecular formula is C16H15AsNO7. The van der Waals surface area contributed by atoms with Crippen LogP contribution < -0.4 is 18.6 Å². The van der Waals surface area contributed by atoms with Crippen LogP contribution in [0.4, 0.5) is 5.69 Å². The third-order valence-electron chi connectivity index (χ3n) is 3.29. The molecule has 0 unspecified atom stereocenters. The Morgan fingerprint density at radius 1 is 1.08 bits per heavy atom. The molecule has 0 atom stereocenters. The van der Waals surface area contributed by atoms with Crippen molar-refractivity contribution in [2.75, 3.05) is 21.3 Å². The van der Waals surface area contributed by atoms with E-state index in [1.807, 2.05) is 0 Å². The summed E-state index contributed by atoms with van der Waals surface area (Å²) in [7, 11) is 4.32. The summed E-state index contributed by atoms with van der Waals surface area (Å²) in [5, 5.41) is 20.5. The minimum atomic E-state index is -1.20. The molecular weight excluding hydrogens is 393 g/mol. The number of nitro benzene ring substituents is 1. The van der Waals surface area contributed by atoms with E-state index >= 15 is 0 Å². The van der Waals surface area contributed by atoms with Crippen molar-refractivity contribution in [2.24, 2.45) is 0 Å². The van der Waals surface area contributed by atoms with E-state index in [-0.39, 0.29) is 20.4 Å². The monoisotopic (exact) mass is 408 g/mol. The first-order valence-electron chi connectivity index (χ1n) is 6.94. The van der Waals surface area contributed by atoms with E-state index in [4.69, 9.17) is 14.2 Å². The predicted octanol–water partition coefficient (Wildman–Crippen LogP) is 1.50. The number of rotatable bonds is 7. The number of methoxy groups -OCH3 is 3. The standard InChI is InChI=1S/C16H15AsNO7/c1-23-13-6-9(7-14(24-2)15(13)25-3)16(20)17-11-5-4-10(19)8-12(11)18(21)22/h4-8,19H,1-3H3. The summed E-state index contributed by atoms with van der Waals surface area (Å²) in [5.74, 6) is 0.781. The van der Waals surface area contributed by atoms with E-state index in [9.17, 15) is 20.0 Å². The molecule has 0 aromatic heterocycles. The Kier molecular flexibility index (Phi) is 5.87.